The van der Waals surface area contributed by atoms with Crippen LogP contribution >= 0.6 is 11.3 Å². The number of thiophene rings is 1. The number of amides is 2. The number of benzene rings is 2. The number of carbonyl (C=O) groups is 2. The SMILES string of the molecule is CCN(CC(=O)NCc1cccs1)C(=O)c1ccc(NS(=O)(=O)c2cc(C)ccc2C)cc1. The fourth-order valence-corrected chi connectivity index (χ4v) is 5.26. The fourth-order valence-electron chi connectivity index (χ4n) is 3.23. The van der Waals surface area contributed by atoms with E-state index in [2.05, 4.69) is 10.0 Å². The zero-order valence-corrected chi connectivity index (χ0v) is 20.4. The molecule has 33 heavy (non-hydrogen) atoms. The number of nitrogens with one attached hydrogen (secondary N) is 2. The van der Waals surface area contributed by atoms with Crippen molar-refractivity contribution in [2.24, 2.45) is 0 Å². The van der Waals surface area contributed by atoms with Crippen LogP contribution in [0.3, 0.4) is 0 Å². The molecular weight excluding hydrogens is 458 g/mol. The Hall–Kier alpha value is -3.17. The van der Waals surface area contributed by atoms with Crippen LogP contribution in [-0.4, -0.2) is 38.2 Å². The molecule has 0 unspecified atom stereocenters. The maximum atomic E-state index is 12.9. The van der Waals surface area contributed by atoms with E-state index in [-0.39, 0.29) is 23.3 Å². The Kier molecular flexibility index (Phi) is 7.88. The Morgan fingerprint density at radius 3 is 2.39 bits per heavy atom. The average molecular weight is 486 g/mol. The van der Waals surface area contributed by atoms with Crippen molar-refractivity contribution in [3.63, 3.8) is 0 Å². The molecule has 0 spiro atoms. The third kappa shape index (κ3) is 6.43. The summed E-state index contributed by atoms with van der Waals surface area (Å²) in [4.78, 5) is 27.8. The second-order valence-electron chi connectivity index (χ2n) is 7.63. The van der Waals surface area contributed by atoms with E-state index in [4.69, 9.17) is 0 Å². The average Bonchev–Trinajstić information content (AvgIpc) is 3.31. The van der Waals surface area contributed by atoms with E-state index >= 15 is 0 Å². The van der Waals surface area contributed by atoms with Crippen LogP contribution in [0.1, 0.15) is 33.3 Å². The number of nitrogens with zero attached hydrogens (tertiary/aromatic N) is 1. The van der Waals surface area contributed by atoms with Crippen LogP contribution in [0.25, 0.3) is 0 Å². The predicted molar refractivity (Wildman–Crippen MR) is 131 cm³/mol. The van der Waals surface area contributed by atoms with Crippen LogP contribution in [0.5, 0.6) is 0 Å². The smallest absolute Gasteiger partial charge is 0.262 e. The maximum Gasteiger partial charge on any atom is 0.262 e. The van der Waals surface area contributed by atoms with Crippen LogP contribution in [0.4, 0.5) is 5.69 Å². The second kappa shape index (κ2) is 10.6. The first-order chi connectivity index (χ1) is 15.7. The molecule has 1 heterocycles. The van der Waals surface area contributed by atoms with Gasteiger partial charge in [0.2, 0.25) is 5.91 Å². The predicted octanol–water partition coefficient (Wildman–Crippen LogP) is 3.94. The molecule has 3 rings (SSSR count). The molecule has 0 aliphatic carbocycles. The zero-order valence-electron chi connectivity index (χ0n) is 18.8. The van der Waals surface area contributed by atoms with Gasteiger partial charge in [-0.05, 0) is 73.7 Å². The van der Waals surface area contributed by atoms with Crippen LogP contribution in [0, 0.1) is 13.8 Å². The number of anilines is 1. The van der Waals surface area contributed by atoms with E-state index in [1.807, 2.05) is 30.5 Å². The highest BCUT2D eigenvalue weighted by atomic mass is 32.2. The minimum atomic E-state index is -3.76. The standard InChI is InChI=1S/C24H27N3O4S2/c1-4-27(16-23(28)25-15-21-6-5-13-32-21)24(29)19-9-11-20(12-10-19)26-33(30,31)22-14-17(2)7-8-18(22)3/h5-14,26H,4,15-16H2,1-3H3,(H,25,28). The summed E-state index contributed by atoms with van der Waals surface area (Å²) in [5, 5.41) is 4.76. The van der Waals surface area contributed by atoms with Crippen LogP contribution < -0.4 is 10.0 Å². The molecule has 0 bridgehead atoms. The Labute approximate surface area is 198 Å². The molecule has 3 aromatic rings. The van der Waals surface area contributed by atoms with Gasteiger partial charge in [-0.1, -0.05) is 18.2 Å². The maximum absolute atomic E-state index is 12.9. The summed E-state index contributed by atoms with van der Waals surface area (Å²) >= 11 is 1.55. The quantitative estimate of drug-likeness (QED) is 0.480. The van der Waals surface area contributed by atoms with Gasteiger partial charge in [0.05, 0.1) is 18.0 Å². The molecule has 1 aromatic heterocycles. The highest BCUT2D eigenvalue weighted by molar-refractivity contribution is 7.92. The van der Waals surface area contributed by atoms with Gasteiger partial charge in [0, 0.05) is 22.7 Å². The normalized spacial score (nSPS) is 11.1. The van der Waals surface area contributed by atoms with E-state index < -0.39 is 10.0 Å². The van der Waals surface area contributed by atoms with Gasteiger partial charge in [0.25, 0.3) is 15.9 Å². The third-order valence-corrected chi connectivity index (χ3v) is 7.46. The highest BCUT2D eigenvalue weighted by Crippen LogP contribution is 2.21. The van der Waals surface area contributed by atoms with Gasteiger partial charge in [0.15, 0.2) is 0 Å². The van der Waals surface area contributed by atoms with Crippen molar-refractivity contribution in [3.05, 3.63) is 81.5 Å². The minimum absolute atomic E-state index is 0.0538. The molecular formula is C24H27N3O4S2. The van der Waals surface area contributed by atoms with Gasteiger partial charge in [-0.15, -0.1) is 11.3 Å². The number of aryl methyl sites for hydroxylation is 2. The van der Waals surface area contributed by atoms with Gasteiger partial charge in [-0.3, -0.25) is 14.3 Å². The van der Waals surface area contributed by atoms with Crippen molar-refractivity contribution >= 4 is 38.9 Å². The third-order valence-electron chi connectivity index (χ3n) is 5.06. The van der Waals surface area contributed by atoms with E-state index in [1.54, 1.807) is 61.6 Å². The molecule has 9 heteroatoms. The fraction of sp³-hybridized carbons (Fsp3) is 0.250. The van der Waals surface area contributed by atoms with E-state index in [1.165, 1.54) is 4.90 Å². The summed E-state index contributed by atoms with van der Waals surface area (Å²) in [7, 11) is -3.76. The van der Waals surface area contributed by atoms with Crippen LogP contribution in [0.15, 0.2) is 64.9 Å². The first-order valence-corrected chi connectivity index (χ1v) is 12.8. The van der Waals surface area contributed by atoms with Gasteiger partial charge in [-0.25, -0.2) is 8.42 Å². The molecule has 0 atom stereocenters. The number of hydrogen-bond acceptors (Lipinski definition) is 5. The van der Waals surface area contributed by atoms with E-state index in [0.717, 1.165) is 10.4 Å². The molecule has 174 valence electrons. The summed E-state index contributed by atoms with van der Waals surface area (Å²) in [5.74, 6) is -0.538. The minimum Gasteiger partial charge on any atom is -0.350 e. The Morgan fingerprint density at radius 1 is 1.03 bits per heavy atom. The zero-order chi connectivity index (χ0) is 24.0. The second-order valence-corrected chi connectivity index (χ2v) is 10.3. The van der Waals surface area contributed by atoms with Crippen molar-refractivity contribution in [2.75, 3.05) is 17.8 Å². The van der Waals surface area contributed by atoms with Crippen molar-refractivity contribution in [1.29, 1.82) is 0 Å². The summed E-state index contributed by atoms with van der Waals surface area (Å²) in [5.41, 5.74) is 2.22. The van der Waals surface area contributed by atoms with E-state index in [0.29, 0.717) is 29.9 Å². The van der Waals surface area contributed by atoms with Gasteiger partial charge < -0.3 is 10.2 Å². The molecule has 0 aliphatic rings. The Bertz CT molecular complexity index is 1220. The van der Waals surface area contributed by atoms with Crippen molar-refractivity contribution in [1.82, 2.24) is 10.2 Å². The number of carbonyl (C=O) groups excluding carboxylic acids is 2. The van der Waals surface area contributed by atoms with Gasteiger partial charge >= 0.3 is 0 Å². The molecule has 0 radical (unpaired) electrons. The first kappa shape index (κ1) is 24.5. The van der Waals surface area contributed by atoms with E-state index in [9.17, 15) is 18.0 Å². The summed E-state index contributed by atoms with van der Waals surface area (Å²) < 4.78 is 28.1. The number of hydrogen-bond donors (Lipinski definition) is 2. The molecule has 0 saturated heterocycles. The molecule has 2 amide bonds. The lowest BCUT2D eigenvalue weighted by molar-refractivity contribution is -0.121. The summed E-state index contributed by atoms with van der Waals surface area (Å²) in [6, 6.07) is 15.3. The molecule has 0 aliphatic heterocycles. The topological polar surface area (TPSA) is 95.6 Å². The molecule has 2 N–H and O–H groups in total. The monoisotopic (exact) mass is 485 g/mol. The summed E-state index contributed by atoms with van der Waals surface area (Å²) in [6.45, 7) is 6.12. The lowest BCUT2D eigenvalue weighted by Gasteiger charge is -2.20. The first-order valence-electron chi connectivity index (χ1n) is 10.5. The van der Waals surface area contributed by atoms with Crippen LogP contribution in [0.2, 0.25) is 0 Å². The molecule has 7 nitrogen and oxygen atoms in total. The molecule has 0 saturated carbocycles. The Morgan fingerprint density at radius 2 is 1.76 bits per heavy atom. The van der Waals surface area contributed by atoms with Gasteiger partial charge in [-0.2, -0.15) is 0 Å². The van der Waals surface area contributed by atoms with Gasteiger partial charge in [0.1, 0.15) is 0 Å². The number of rotatable bonds is 9. The van der Waals surface area contributed by atoms with Crippen LogP contribution in [-0.2, 0) is 21.4 Å². The highest BCUT2D eigenvalue weighted by Gasteiger charge is 2.19. The lowest BCUT2D eigenvalue weighted by atomic mass is 10.2. The van der Waals surface area contributed by atoms with Crippen molar-refractivity contribution in [2.45, 2.75) is 32.2 Å². The van der Waals surface area contributed by atoms with Crippen molar-refractivity contribution in [3.8, 4) is 0 Å². The molecule has 2 aromatic carbocycles. The largest absolute Gasteiger partial charge is 0.350 e. The number of likely N-dealkylation sites (N-methyl/N-ethyl adjacent to an activating group) is 1. The van der Waals surface area contributed by atoms with Crippen molar-refractivity contribution < 1.29 is 18.0 Å². The molecule has 0 fully saturated rings. The Balaban J connectivity index is 1.64. The summed E-state index contributed by atoms with van der Waals surface area (Å²) in [6.07, 6.45) is 0. The number of sulfonamides is 1. The lowest BCUT2D eigenvalue weighted by Crippen LogP contribution is -2.40.